The predicted molar refractivity (Wildman–Crippen MR) is 86.1 cm³/mol. The molecule has 2 N–H and O–H groups in total. The van der Waals surface area contributed by atoms with Crippen LogP contribution in [0.25, 0.3) is 0 Å². The van der Waals surface area contributed by atoms with Crippen molar-refractivity contribution in [3.05, 3.63) is 48.0 Å². The van der Waals surface area contributed by atoms with Crippen molar-refractivity contribution >= 4 is 17.5 Å². The van der Waals surface area contributed by atoms with E-state index >= 15 is 0 Å². The van der Waals surface area contributed by atoms with Crippen LogP contribution in [0.1, 0.15) is 42.6 Å². The molecule has 1 aromatic carbocycles. The van der Waals surface area contributed by atoms with Gasteiger partial charge in [0.05, 0.1) is 0 Å². The molecule has 3 rings (SSSR count). The first-order valence-corrected chi connectivity index (χ1v) is 7.87. The number of rotatable bonds is 4. The lowest BCUT2D eigenvalue weighted by Gasteiger charge is -2.22. The summed E-state index contributed by atoms with van der Waals surface area (Å²) >= 11 is 0. The van der Waals surface area contributed by atoms with Crippen LogP contribution in [0.3, 0.4) is 0 Å². The van der Waals surface area contributed by atoms with Crippen LogP contribution in [0.5, 0.6) is 0 Å². The second kappa shape index (κ2) is 7.17. The summed E-state index contributed by atoms with van der Waals surface area (Å²) in [6.07, 6.45) is 7.10. The standard InChI is InChI=1S/C17H19FN4O/c18-12-5-4-8-14(11-12)21-17-19-10-9-15(22-17)16(23)20-13-6-2-1-3-7-13/h4-5,8-11,13H,1-3,6-7H2,(H,20,23)(H,19,21,22). The minimum absolute atomic E-state index is 0.193. The van der Waals surface area contributed by atoms with Crippen LogP contribution < -0.4 is 10.6 Å². The van der Waals surface area contributed by atoms with Crippen LogP contribution in [-0.4, -0.2) is 21.9 Å². The van der Waals surface area contributed by atoms with Gasteiger partial charge in [-0.05, 0) is 37.1 Å². The second-order valence-corrected chi connectivity index (χ2v) is 5.71. The summed E-state index contributed by atoms with van der Waals surface area (Å²) in [5.41, 5.74) is 0.847. The third-order valence-electron chi connectivity index (χ3n) is 3.91. The third kappa shape index (κ3) is 4.25. The van der Waals surface area contributed by atoms with Gasteiger partial charge in [-0.1, -0.05) is 25.3 Å². The molecular weight excluding hydrogens is 295 g/mol. The molecule has 1 aromatic heterocycles. The Balaban J connectivity index is 1.67. The molecule has 1 aliphatic rings. The lowest BCUT2D eigenvalue weighted by molar-refractivity contribution is 0.0922. The maximum absolute atomic E-state index is 13.2. The van der Waals surface area contributed by atoms with E-state index in [-0.39, 0.29) is 23.7 Å². The number of nitrogens with zero attached hydrogens (tertiary/aromatic N) is 2. The topological polar surface area (TPSA) is 66.9 Å². The van der Waals surface area contributed by atoms with Crippen LogP contribution in [-0.2, 0) is 0 Å². The number of halogens is 1. The zero-order chi connectivity index (χ0) is 16.1. The Morgan fingerprint density at radius 2 is 2.00 bits per heavy atom. The zero-order valence-corrected chi connectivity index (χ0v) is 12.8. The van der Waals surface area contributed by atoms with Gasteiger partial charge in [-0.3, -0.25) is 4.79 Å². The molecular formula is C17H19FN4O. The Hall–Kier alpha value is -2.50. The van der Waals surface area contributed by atoms with Crippen molar-refractivity contribution < 1.29 is 9.18 Å². The minimum atomic E-state index is -0.346. The Morgan fingerprint density at radius 1 is 1.17 bits per heavy atom. The molecule has 1 heterocycles. The van der Waals surface area contributed by atoms with Crippen molar-refractivity contribution in [3.8, 4) is 0 Å². The lowest BCUT2D eigenvalue weighted by Crippen LogP contribution is -2.36. The molecule has 1 saturated carbocycles. The summed E-state index contributed by atoms with van der Waals surface area (Å²) in [6.45, 7) is 0. The first-order valence-electron chi connectivity index (χ1n) is 7.87. The molecule has 2 aromatic rings. The molecule has 1 fully saturated rings. The smallest absolute Gasteiger partial charge is 0.270 e. The molecule has 23 heavy (non-hydrogen) atoms. The van der Waals surface area contributed by atoms with Crippen molar-refractivity contribution in [2.45, 2.75) is 38.1 Å². The molecule has 0 atom stereocenters. The number of anilines is 2. The highest BCUT2D eigenvalue weighted by Gasteiger charge is 2.17. The average Bonchev–Trinajstić information content (AvgIpc) is 2.56. The van der Waals surface area contributed by atoms with E-state index in [0.717, 1.165) is 25.7 Å². The first kappa shape index (κ1) is 15.4. The minimum Gasteiger partial charge on any atom is -0.348 e. The van der Waals surface area contributed by atoms with Gasteiger partial charge in [0.15, 0.2) is 0 Å². The molecule has 0 unspecified atom stereocenters. The fourth-order valence-corrected chi connectivity index (χ4v) is 2.75. The van der Waals surface area contributed by atoms with Gasteiger partial charge in [0, 0.05) is 17.9 Å². The Labute approximate surface area is 134 Å². The quantitative estimate of drug-likeness (QED) is 0.907. The van der Waals surface area contributed by atoms with Crippen molar-refractivity contribution in [3.63, 3.8) is 0 Å². The monoisotopic (exact) mass is 314 g/mol. The van der Waals surface area contributed by atoms with Gasteiger partial charge in [0.2, 0.25) is 5.95 Å². The van der Waals surface area contributed by atoms with Crippen molar-refractivity contribution in [1.82, 2.24) is 15.3 Å². The van der Waals surface area contributed by atoms with E-state index in [9.17, 15) is 9.18 Å². The van der Waals surface area contributed by atoms with Gasteiger partial charge >= 0.3 is 0 Å². The average molecular weight is 314 g/mol. The number of hydrogen-bond donors (Lipinski definition) is 2. The summed E-state index contributed by atoms with van der Waals surface area (Å²) in [4.78, 5) is 20.6. The number of benzene rings is 1. The molecule has 0 aliphatic heterocycles. The van der Waals surface area contributed by atoms with Gasteiger partial charge in [0.1, 0.15) is 11.5 Å². The van der Waals surface area contributed by atoms with Gasteiger partial charge in [-0.15, -0.1) is 0 Å². The Morgan fingerprint density at radius 3 is 2.78 bits per heavy atom. The maximum atomic E-state index is 13.2. The Bertz CT molecular complexity index is 686. The molecule has 5 nitrogen and oxygen atoms in total. The van der Waals surface area contributed by atoms with Crippen molar-refractivity contribution in [1.29, 1.82) is 0 Å². The maximum Gasteiger partial charge on any atom is 0.270 e. The highest BCUT2D eigenvalue weighted by atomic mass is 19.1. The van der Waals surface area contributed by atoms with Gasteiger partial charge < -0.3 is 10.6 Å². The lowest BCUT2D eigenvalue weighted by atomic mass is 9.95. The van der Waals surface area contributed by atoms with Crippen LogP contribution in [0.2, 0.25) is 0 Å². The van der Waals surface area contributed by atoms with Gasteiger partial charge in [-0.25, -0.2) is 14.4 Å². The zero-order valence-electron chi connectivity index (χ0n) is 12.8. The fourth-order valence-electron chi connectivity index (χ4n) is 2.75. The van der Waals surface area contributed by atoms with E-state index in [4.69, 9.17) is 0 Å². The van der Waals surface area contributed by atoms with E-state index in [1.807, 2.05) is 0 Å². The van der Waals surface area contributed by atoms with Crippen molar-refractivity contribution in [2.24, 2.45) is 0 Å². The molecule has 120 valence electrons. The number of carbonyl (C=O) groups excluding carboxylic acids is 1. The van der Waals surface area contributed by atoms with Crippen LogP contribution in [0.4, 0.5) is 16.0 Å². The van der Waals surface area contributed by atoms with Crippen LogP contribution >= 0.6 is 0 Å². The fraction of sp³-hybridized carbons (Fsp3) is 0.353. The summed E-state index contributed by atoms with van der Waals surface area (Å²) in [5.74, 6) is -0.269. The molecule has 0 radical (unpaired) electrons. The van der Waals surface area contributed by atoms with Crippen LogP contribution in [0, 0.1) is 5.82 Å². The highest BCUT2D eigenvalue weighted by molar-refractivity contribution is 5.92. The van der Waals surface area contributed by atoms with E-state index in [0.29, 0.717) is 11.4 Å². The van der Waals surface area contributed by atoms with E-state index in [1.54, 1.807) is 18.2 Å². The molecule has 6 heteroatoms. The number of amides is 1. The molecule has 0 bridgehead atoms. The van der Waals surface area contributed by atoms with Crippen LogP contribution in [0.15, 0.2) is 36.5 Å². The summed E-state index contributed by atoms with van der Waals surface area (Å²) in [5, 5.41) is 5.92. The number of hydrogen-bond acceptors (Lipinski definition) is 4. The summed E-state index contributed by atoms with van der Waals surface area (Å²) < 4.78 is 13.2. The number of carbonyl (C=O) groups is 1. The van der Waals surface area contributed by atoms with Gasteiger partial charge in [-0.2, -0.15) is 0 Å². The summed E-state index contributed by atoms with van der Waals surface area (Å²) in [7, 11) is 0. The number of aromatic nitrogens is 2. The normalized spacial score (nSPS) is 15.2. The third-order valence-corrected chi connectivity index (χ3v) is 3.91. The second-order valence-electron chi connectivity index (χ2n) is 5.71. The first-order chi connectivity index (χ1) is 11.2. The molecule has 1 amide bonds. The molecule has 0 spiro atoms. The van der Waals surface area contributed by atoms with E-state index < -0.39 is 0 Å². The van der Waals surface area contributed by atoms with E-state index in [1.165, 1.54) is 24.8 Å². The van der Waals surface area contributed by atoms with Gasteiger partial charge in [0.25, 0.3) is 5.91 Å². The Kier molecular flexibility index (Phi) is 4.80. The van der Waals surface area contributed by atoms with E-state index in [2.05, 4.69) is 20.6 Å². The molecule has 0 saturated heterocycles. The summed E-state index contributed by atoms with van der Waals surface area (Å²) in [6, 6.07) is 7.82. The predicted octanol–water partition coefficient (Wildman–Crippen LogP) is 3.42. The highest BCUT2D eigenvalue weighted by Crippen LogP contribution is 2.18. The largest absolute Gasteiger partial charge is 0.348 e. The SMILES string of the molecule is O=C(NC1CCCCC1)c1ccnc(Nc2cccc(F)c2)n1. The van der Waals surface area contributed by atoms with Crippen molar-refractivity contribution in [2.75, 3.05) is 5.32 Å². The molecule has 1 aliphatic carbocycles. The number of nitrogens with one attached hydrogen (secondary N) is 2.